The van der Waals surface area contributed by atoms with Crippen LogP contribution in [-0.4, -0.2) is 62.3 Å². The van der Waals surface area contributed by atoms with Gasteiger partial charge in [-0.05, 0) is 83.8 Å². The molecule has 7 heteroatoms. The topological polar surface area (TPSA) is 78.0 Å². The van der Waals surface area contributed by atoms with Crippen molar-refractivity contribution >= 4 is 17.7 Å². The van der Waals surface area contributed by atoms with Crippen LogP contribution in [-0.2, 0) is 11.2 Å². The molecule has 0 saturated carbocycles. The van der Waals surface area contributed by atoms with Crippen LogP contribution in [0, 0.1) is 0 Å². The Bertz CT molecular complexity index is 646. The van der Waals surface area contributed by atoms with E-state index in [0.29, 0.717) is 0 Å². The summed E-state index contributed by atoms with van der Waals surface area (Å²) in [5.41, 5.74) is 1.42. The van der Waals surface area contributed by atoms with Gasteiger partial charge in [-0.15, -0.1) is 0 Å². The van der Waals surface area contributed by atoms with Crippen molar-refractivity contribution in [3.05, 3.63) is 29.8 Å². The summed E-state index contributed by atoms with van der Waals surface area (Å²) in [6.07, 6.45) is 4.25. The molecule has 0 unspecified atom stereocenters. The predicted octanol–water partition coefficient (Wildman–Crippen LogP) is 3.23. The van der Waals surface area contributed by atoms with Gasteiger partial charge in [-0.3, -0.25) is 10.3 Å². The van der Waals surface area contributed by atoms with E-state index in [-0.39, 0.29) is 0 Å². The normalized spacial score (nSPS) is 15.2. The molecule has 162 valence electrons. The third-order valence-corrected chi connectivity index (χ3v) is 4.67. The number of carbonyl (C=O) groups is 1. The van der Waals surface area contributed by atoms with Crippen LogP contribution in [0.5, 0.6) is 0 Å². The van der Waals surface area contributed by atoms with Crippen LogP contribution < -0.4 is 16.0 Å². The number of carbonyl (C=O) groups excluding carboxylic acids is 1. The van der Waals surface area contributed by atoms with Gasteiger partial charge in [0.05, 0.1) is 0 Å². The zero-order valence-electron chi connectivity index (χ0n) is 18.4. The van der Waals surface area contributed by atoms with E-state index in [4.69, 9.17) is 4.74 Å². The number of aliphatic imine (C=N–C) groups is 1. The van der Waals surface area contributed by atoms with E-state index in [9.17, 15) is 4.79 Å². The molecule has 0 bridgehead atoms. The molecule has 29 heavy (non-hydrogen) atoms. The highest BCUT2D eigenvalue weighted by molar-refractivity contribution is 5.84. The summed E-state index contributed by atoms with van der Waals surface area (Å²) in [4.78, 5) is 18.6. The summed E-state index contributed by atoms with van der Waals surface area (Å²) in [5.74, 6) is 0.842. The van der Waals surface area contributed by atoms with Gasteiger partial charge in [-0.25, -0.2) is 4.79 Å². The quantitative estimate of drug-likeness (QED) is 0.353. The molecule has 1 amide bonds. The minimum atomic E-state index is -0.504. The molecule has 1 fully saturated rings. The maximum absolute atomic E-state index is 11.8. The molecule has 1 aliphatic heterocycles. The van der Waals surface area contributed by atoms with E-state index in [1.54, 1.807) is 7.05 Å². The van der Waals surface area contributed by atoms with Crippen molar-refractivity contribution in [1.29, 1.82) is 0 Å². The fourth-order valence-corrected chi connectivity index (χ4v) is 3.24. The average molecular weight is 404 g/mol. The highest BCUT2D eigenvalue weighted by Crippen LogP contribution is 2.13. The van der Waals surface area contributed by atoms with Crippen molar-refractivity contribution in [2.45, 2.75) is 52.1 Å². The monoisotopic (exact) mass is 403 g/mol. The number of amides is 1. The van der Waals surface area contributed by atoms with E-state index in [2.05, 4.69) is 25.8 Å². The Hall–Kier alpha value is -2.28. The standard InChI is InChI=1S/C22H37N5O2/c1-22(2,3)29-21(28)26-19-10-8-18(9-11-19)12-14-25-20(23-4)24-13-7-17-27-15-5-6-16-27/h8-11H,5-7,12-17H2,1-4H3,(H,26,28)(H2,23,24,25). The van der Waals surface area contributed by atoms with Gasteiger partial charge in [0.15, 0.2) is 5.96 Å². The second-order valence-electron chi connectivity index (χ2n) is 8.40. The van der Waals surface area contributed by atoms with Crippen molar-refractivity contribution in [3.8, 4) is 0 Å². The molecule has 0 spiro atoms. The van der Waals surface area contributed by atoms with Gasteiger partial charge in [-0.2, -0.15) is 0 Å². The number of likely N-dealkylation sites (tertiary alicyclic amines) is 1. The van der Waals surface area contributed by atoms with Gasteiger partial charge < -0.3 is 20.3 Å². The van der Waals surface area contributed by atoms with Crippen LogP contribution in [0.25, 0.3) is 0 Å². The maximum atomic E-state index is 11.8. The molecule has 2 rings (SSSR count). The average Bonchev–Trinajstić information content (AvgIpc) is 3.17. The lowest BCUT2D eigenvalue weighted by molar-refractivity contribution is 0.0636. The predicted molar refractivity (Wildman–Crippen MR) is 120 cm³/mol. The largest absolute Gasteiger partial charge is 0.444 e. The number of anilines is 1. The number of benzene rings is 1. The summed E-state index contributed by atoms with van der Waals surface area (Å²) in [7, 11) is 1.80. The molecular formula is C22H37N5O2. The van der Waals surface area contributed by atoms with E-state index in [1.165, 1.54) is 31.5 Å². The number of hydrogen-bond donors (Lipinski definition) is 3. The maximum Gasteiger partial charge on any atom is 0.412 e. The fraction of sp³-hybridized carbons (Fsp3) is 0.636. The molecule has 1 heterocycles. The molecule has 0 aliphatic carbocycles. The molecule has 0 radical (unpaired) electrons. The minimum Gasteiger partial charge on any atom is -0.444 e. The van der Waals surface area contributed by atoms with Gasteiger partial charge in [0.2, 0.25) is 0 Å². The first-order chi connectivity index (χ1) is 13.9. The van der Waals surface area contributed by atoms with Crippen molar-refractivity contribution in [2.75, 3.05) is 45.1 Å². The van der Waals surface area contributed by atoms with Gasteiger partial charge in [0.1, 0.15) is 5.60 Å². The third kappa shape index (κ3) is 9.65. The van der Waals surface area contributed by atoms with Crippen LogP contribution in [0.1, 0.15) is 45.6 Å². The van der Waals surface area contributed by atoms with Gasteiger partial charge >= 0.3 is 6.09 Å². The van der Waals surface area contributed by atoms with Gasteiger partial charge in [-0.1, -0.05) is 12.1 Å². The molecule has 3 N–H and O–H groups in total. The third-order valence-electron chi connectivity index (χ3n) is 4.67. The number of rotatable bonds is 8. The van der Waals surface area contributed by atoms with Crippen molar-refractivity contribution in [3.63, 3.8) is 0 Å². The SMILES string of the molecule is CN=C(NCCCN1CCCC1)NCCc1ccc(NC(=O)OC(C)(C)C)cc1. The minimum absolute atomic E-state index is 0.438. The van der Waals surface area contributed by atoms with Crippen molar-refractivity contribution in [2.24, 2.45) is 4.99 Å². The molecule has 1 aliphatic rings. The molecule has 0 atom stereocenters. The lowest BCUT2D eigenvalue weighted by Gasteiger charge is -2.19. The first kappa shape index (κ1) is 23.0. The van der Waals surface area contributed by atoms with Crippen molar-refractivity contribution in [1.82, 2.24) is 15.5 Å². The van der Waals surface area contributed by atoms with Crippen LogP contribution in [0.2, 0.25) is 0 Å². The zero-order chi connectivity index (χ0) is 21.1. The Morgan fingerprint density at radius 1 is 1.10 bits per heavy atom. The summed E-state index contributed by atoms with van der Waals surface area (Å²) >= 11 is 0. The van der Waals surface area contributed by atoms with Crippen LogP contribution in [0.4, 0.5) is 10.5 Å². The molecular weight excluding hydrogens is 366 g/mol. The summed E-state index contributed by atoms with van der Waals surface area (Å²) in [6.45, 7) is 10.9. The van der Waals surface area contributed by atoms with E-state index in [1.807, 2.05) is 45.0 Å². The first-order valence-corrected chi connectivity index (χ1v) is 10.6. The molecule has 1 aromatic rings. The van der Waals surface area contributed by atoms with Gasteiger partial charge in [0.25, 0.3) is 0 Å². The van der Waals surface area contributed by atoms with Crippen LogP contribution in [0.3, 0.4) is 0 Å². The molecule has 1 saturated heterocycles. The Kier molecular flexibility index (Phi) is 9.25. The Labute approximate surface area is 175 Å². The highest BCUT2D eigenvalue weighted by atomic mass is 16.6. The number of hydrogen-bond acceptors (Lipinski definition) is 4. The van der Waals surface area contributed by atoms with E-state index < -0.39 is 11.7 Å². The highest BCUT2D eigenvalue weighted by Gasteiger charge is 2.16. The fourth-order valence-electron chi connectivity index (χ4n) is 3.24. The molecule has 0 aromatic heterocycles. The number of guanidine groups is 1. The molecule has 1 aromatic carbocycles. The Morgan fingerprint density at radius 2 is 1.76 bits per heavy atom. The first-order valence-electron chi connectivity index (χ1n) is 10.6. The lowest BCUT2D eigenvalue weighted by Crippen LogP contribution is -2.39. The van der Waals surface area contributed by atoms with Crippen LogP contribution >= 0.6 is 0 Å². The Morgan fingerprint density at radius 3 is 2.38 bits per heavy atom. The van der Waals surface area contributed by atoms with E-state index in [0.717, 1.165) is 44.1 Å². The smallest absolute Gasteiger partial charge is 0.412 e. The number of ether oxygens (including phenoxy) is 1. The zero-order valence-corrected chi connectivity index (χ0v) is 18.4. The number of nitrogens with one attached hydrogen (secondary N) is 3. The second-order valence-corrected chi connectivity index (χ2v) is 8.40. The molecule has 7 nitrogen and oxygen atoms in total. The second kappa shape index (κ2) is 11.7. The summed E-state index contributed by atoms with van der Waals surface area (Å²) in [5, 5.41) is 9.48. The van der Waals surface area contributed by atoms with Crippen molar-refractivity contribution < 1.29 is 9.53 Å². The van der Waals surface area contributed by atoms with E-state index >= 15 is 0 Å². The lowest BCUT2D eigenvalue weighted by atomic mass is 10.1. The Balaban J connectivity index is 1.63. The number of nitrogens with zero attached hydrogens (tertiary/aromatic N) is 2. The summed E-state index contributed by atoms with van der Waals surface area (Å²) < 4.78 is 5.26. The van der Waals surface area contributed by atoms with Crippen LogP contribution in [0.15, 0.2) is 29.3 Å². The van der Waals surface area contributed by atoms with Gasteiger partial charge in [0, 0.05) is 25.8 Å². The summed E-state index contributed by atoms with van der Waals surface area (Å²) in [6, 6.07) is 7.82.